The number of halogens is 3. The Hall–Kier alpha value is -2.18. The van der Waals surface area contributed by atoms with Gasteiger partial charge in [-0.1, -0.05) is 23.2 Å². The molecule has 0 atom stereocenters. The van der Waals surface area contributed by atoms with Gasteiger partial charge in [0, 0.05) is 12.6 Å². The molecule has 26 heavy (non-hydrogen) atoms. The van der Waals surface area contributed by atoms with Gasteiger partial charge in [-0.25, -0.2) is 4.39 Å². The summed E-state index contributed by atoms with van der Waals surface area (Å²) in [6.45, 7) is 2.30. The minimum absolute atomic E-state index is 0.0703. The second-order valence-electron chi connectivity index (χ2n) is 5.18. The summed E-state index contributed by atoms with van der Waals surface area (Å²) in [6.07, 6.45) is 0. The fourth-order valence-electron chi connectivity index (χ4n) is 2.13. The number of amides is 1. The Balaban J connectivity index is 1.92. The third kappa shape index (κ3) is 5.41. The van der Waals surface area contributed by atoms with Crippen LogP contribution in [0.4, 0.5) is 4.39 Å². The quantitative estimate of drug-likeness (QED) is 0.718. The van der Waals surface area contributed by atoms with Gasteiger partial charge in [0.25, 0.3) is 5.91 Å². The summed E-state index contributed by atoms with van der Waals surface area (Å²) in [6, 6.07) is 7.30. The van der Waals surface area contributed by atoms with Crippen LogP contribution in [0, 0.1) is 5.82 Å². The summed E-state index contributed by atoms with van der Waals surface area (Å²) >= 11 is 11.8. The van der Waals surface area contributed by atoms with E-state index in [1.54, 1.807) is 12.1 Å². The number of ether oxygens (including phenoxy) is 3. The molecule has 2 rings (SSSR count). The molecule has 0 unspecified atom stereocenters. The molecule has 0 aliphatic rings. The molecule has 0 bridgehead atoms. The molecule has 2 aromatic rings. The van der Waals surface area contributed by atoms with Crippen molar-refractivity contribution in [3.63, 3.8) is 0 Å². The Morgan fingerprint density at radius 3 is 2.58 bits per heavy atom. The predicted molar refractivity (Wildman–Crippen MR) is 97.9 cm³/mol. The van der Waals surface area contributed by atoms with Crippen LogP contribution in [0.5, 0.6) is 17.2 Å². The van der Waals surface area contributed by atoms with E-state index in [0.29, 0.717) is 28.9 Å². The first kappa shape index (κ1) is 20.1. The van der Waals surface area contributed by atoms with E-state index >= 15 is 0 Å². The number of nitrogens with one attached hydrogen (secondary N) is 1. The van der Waals surface area contributed by atoms with Gasteiger partial charge < -0.3 is 19.5 Å². The maximum absolute atomic E-state index is 13.1. The third-order valence-corrected chi connectivity index (χ3v) is 3.90. The third-order valence-electron chi connectivity index (χ3n) is 3.33. The number of carbonyl (C=O) groups excluding carboxylic acids is 1. The predicted octanol–water partition coefficient (Wildman–Crippen LogP) is 4.24. The van der Waals surface area contributed by atoms with Gasteiger partial charge in [-0.2, -0.15) is 0 Å². The molecule has 0 spiro atoms. The Morgan fingerprint density at radius 2 is 1.92 bits per heavy atom. The second kappa shape index (κ2) is 9.50. The minimum atomic E-state index is -0.551. The molecule has 5 nitrogen and oxygen atoms in total. The fourth-order valence-corrected chi connectivity index (χ4v) is 2.59. The van der Waals surface area contributed by atoms with E-state index in [2.05, 4.69) is 5.32 Å². The molecule has 1 amide bonds. The average molecular weight is 402 g/mol. The van der Waals surface area contributed by atoms with Crippen LogP contribution < -0.4 is 19.5 Å². The molecule has 8 heteroatoms. The molecule has 0 fully saturated rings. The molecule has 2 aromatic carbocycles. The lowest BCUT2D eigenvalue weighted by molar-refractivity contribution is -0.123. The molecule has 0 heterocycles. The van der Waals surface area contributed by atoms with Crippen LogP contribution in [-0.4, -0.2) is 26.2 Å². The van der Waals surface area contributed by atoms with Crippen LogP contribution in [0.1, 0.15) is 12.5 Å². The van der Waals surface area contributed by atoms with Crippen molar-refractivity contribution in [2.24, 2.45) is 0 Å². The van der Waals surface area contributed by atoms with E-state index in [4.69, 9.17) is 37.4 Å². The van der Waals surface area contributed by atoms with Crippen LogP contribution in [0.25, 0.3) is 0 Å². The molecule has 0 aliphatic carbocycles. The zero-order valence-electron chi connectivity index (χ0n) is 14.3. The lowest BCUT2D eigenvalue weighted by Gasteiger charge is -2.13. The van der Waals surface area contributed by atoms with E-state index < -0.39 is 5.82 Å². The number of hydrogen-bond acceptors (Lipinski definition) is 4. The van der Waals surface area contributed by atoms with Crippen molar-refractivity contribution >= 4 is 29.1 Å². The summed E-state index contributed by atoms with van der Waals surface area (Å²) in [7, 11) is 1.51. The molecular formula is C18H18Cl2FNO4. The zero-order valence-corrected chi connectivity index (χ0v) is 15.8. The van der Waals surface area contributed by atoms with Crippen molar-refractivity contribution in [3.8, 4) is 17.2 Å². The van der Waals surface area contributed by atoms with Crippen molar-refractivity contribution in [2.45, 2.75) is 13.5 Å². The Labute approximate surface area is 161 Å². The molecular weight excluding hydrogens is 384 g/mol. The fraction of sp³-hybridized carbons (Fsp3) is 0.278. The van der Waals surface area contributed by atoms with Crippen molar-refractivity contribution in [1.82, 2.24) is 5.32 Å². The lowest BCUT2D eigenvalue weighted by Crippen LogP contribution is -2.28. The van der Waals surface area contributed by atoms with Crippen molar-refractivity contribution in [3.05, 3.63) is 51.8 Å². The van der Waals surface area contributed by atoms with Crippen LogP contribution in [0.3, 0.4) is 0 Å². The first-order chi connectivity index (χ1) is 12.4. The summed E-state index contributed by atoms with van der Waals surface area (Å²) in [5, 5.41) is 3.02. The number of benzene rings is 2. The lowest BCUT2D eigenvalue weighted by atomic mass is 10.2. The van der Waals surface area contributed by atoms with Gasteiger partial charge in [0.1, 0.15) is 11.6 Å². The maximum Gasteiger partial charge on any atom is 0.258 e. The van der Waals surface area contributed by atoms with Gasteiger partial charge in [-0.15, -0.1) is 0 Å². The molecule has 0 aliphatic heterocycles. The van der Waals surface area contributed by atoms with Crippen LogP contribution in [0.2, 0.25) is 10.0 Å². The maximum atomic E-state index is 13.1. The smallest absolute Gasteiger partial charge is 0.258 e. The highest BCUT2D eigenvalue weighted by Gasteiger charge is 2.12. The van der Waals surface area contributed by atoms with E-state index in [0.717, 1.165) is 5.56 Å². The molecule has 0 saturated carbocycles. The van der Waals surface area contributed by atoms with Crippen molar-refractivity contribution in [2.75, 3.05) is 20.3 Å². The summed E-state index contributed by atoms with van der Waals surface area (Å²) in [5.41, 5.74) is 0.744. The van der Waals surface area contributed by atoms with Crippen LogP contribution in [0.15, 0.2) is 30.3 Å². The topological polar surface area (TPSA) is 56.8 Å². The van der Waals surface area contributed by atoms with Gasteiger partial charge in [0.15, 0.2) is 18.1 Å². The number of methoxy groups -OCH3 is 1. The normalized spacial score (nSPS) is 10.3. The Kier molecular flexibility index (Phi) is 7.36. The zero-order chi connectivity index (χ0) is 19.1. The summed E-state index contributed by atoms with van der Waals surface area (Å²) in [4.78, 5) is 11.9. The minimum Gasteiger partial charge on any atom is -0.493 e. The van der Waals surface area contributed by atoms with Gasteiger partial charge in [-0.05, 0) is 36.8 Å². The molecule has 0 saturated heterocycles. The average Bonchev–Trinajstić information content (AvgIpc) is 2.62. The highest BCUT2D eigenvalue weighted by Crippen LogP contribution is 2.36. The second-order valence-corrected chi connectivity index (χ2v) is 6.00. The largest absolute Gasteiger partial charge is 0.493 e. The van der Waals surface area contributed by atoms with E-state index in [1.807, 2.05) is 6.92 Å². The van der Waals surface area contributed by atoms with Gasteiger partial charge in [0.2, 0.25) is 0 Å². The first-order valence-corrected chi connectivity index (χ1v) is 8.54. The Bertz CT molecular complexity index is 786. The number of rotatable bonds is 8. The van der Waals surface area contributed by atoms with Crippen molar-refractivity contribution < 1.29 is 23.4 Å². The first-order valence-electron chi connectivity index (χ1n) is 7.78. The summed E-state index contributed by atoms with van der Waals surface area (Å²) < 4.78 is 29.1. The standard InChI is InChI=1S/C18H18Cl2FNO4/c1-3-25-18-14(20)6-11(7-16(18)24-2)9-22-17(23)10-26-12-4-5-15(21)13(19)8-12/h4-8H,3,9-10H2,1-2H3,(H,22,23). The highest BCUT2D eigenvalue weighted by atomic mass is 35.5. The van der Waals surface area contributed by atoms with Gasteiger partial charge in [-0.3, -0.25) is 4.79 Å². The van der Waals surface area contributed by atoms with E-state index in [-0.39, 0.29) is 24.1 Å². The van der Waals surface area contributed by atoms with Crippen LogP contribution in [-0.2, 0) is 11.3 Å². The monoisotopic (exact) mass is 401 g/mol. The molecule has 140 valence electrons. The summed E-state index contributed by atoms with van der Waals surface area (Å²) in [5.74, 6) is 0.348. The SMILES string of the molecule is CCOc1c(Cl)cc(CNC(=O)COc2ccc(F)c(Cl)c2)cc1OC. The number of hydrogen-bond donors (Lipinski definition) is 1. The number of carbonyl (C=O) groups is 1. The van der Waals surface area contributed by atoms with Crippen LogP contribution >= 0.6 is 23.2 Å². The molecule has 0 radical (unpaired) electrons. The Morgan fingerprint density at radius 1 is 1.15 bits per heavy atom. The molecule has 0 aromatic heterocycles. The van der Waals surface area contributed by atoms with Gasteiger partial charge >= 0.3 is 0 Å². The van der Waals surface area contributed by atoms with Crippen molar-refractivity contribution in [1.29, 1.82) is 0 Å². The van der Waals surface area contributed by atoms with E-state index in [9.17, 15) is 9.18 Å². The molecule has 1 N–H and O–H groups in total. The van der Waals surface area contributed by atoms with Gasteiger partial charge in [0.05, 0.1) is 23.8 Å². The highest BCUT2D eigenvalue weighted by molar-refractivity contribution is 6.32. The van der Waals surface area contributed by atoms with E-state index in [1.165, 1.54) is 25.3 Å².